The maximum atomic E-state index is 11.5. The Kier molecular flexibility index (Phi) is 3.88. The van der Waals surface area contributed by atoms with E-state index in [1.165, 1.54) is 6.92 Å². The van der Waals surface area contributed by atoms with Crippen LogP contribution in [0.4, 0.5) is 0 Å². The predicted molar refractivity (Wildman–Crippen MR) is 50.7 cm³/mol. The molecular formula is C9H16N2O3. The molecule has 5 heteroatoms. The van der Waals surface area contributed by atoms with Crippen molar-refractivity contribution >= 4 is 11.9 Å². The van der Waals surface area contributed by atoms with E-state index in [9.17, 15) is 9.59 Å². The first-order valence-electron chi connectivity index (χ1n) is 4.71. The van der Waals surface area contributed by atoms with E-state index >= 15 is 0 Å². The number of amides is 1. The van der Waals surface area contributed by atoms with Crippen molar-refractivity contribution in [2.45, 2.75) is 19.4 Å². The predicted octanol–water partition coefficient (Wildman–Crippen LogP) is -0.630. The van der Waals surface area contributed by atoms with Crippen LogP contribution in [-0.2, 0) is 14.3 Å². The van der Waals surface area contributed by atoms with E-state index in [2.05, 4.69) is 10.1 Å². The molecule has 0 radical (unpaired) electrons. The largest absolute Gasteiger partial charge is 0.456 e. The quantitative estimate of drug-likeness (QED) is 0.616. The van der Waals surface area contributed by atoms with Crippen molar-refractivity contribution in [3.63, 3.8) is 0 Å². The van der Waals surface area contributed by atoms with Crippen LogP contribution in [0.3, 0.4) is 0 Å². The van der Waals surface area contributed by atoms with Gasteiger partial charge in [0.05, 0.1) is 0 Å². The monoisotopic (exact) mass is 200 g/mol. The number of ether oxygens (including phenoxy) is 1. The van der Waals surface area contributed by atoms with Gasteiger partial charge in [0.15, 0.2) is 6.61 Å². The van der Waals surface area contributed by atoms with Crippen LogP contribution in [0.15, 0.2) is 0 Å². The van der Waals surface area contributed by atoms with Crippen LogP contribution in [-0.4, -0.2) is 49.6 Å². The van der Waals surface area contributed by atoms with Gasteiger partial charge >= 0.3 is 5.97 Å². The van der Waals surface area contributed by atoms with Gasteiger partial charge in [-0.25, -0.2) is 0 Å². The molecule has 0 aromatic carbocycles. The Labute approximate surface area is 83.4 Å². The average Bonchev–Trinajstić information content (AvgIpc) is 2.65. The zero-order valence-corrected chi connectivity index (χ0v) is 8.58. The molecule has 1 heterocycles. The molecule has 0 unspecified atom stereocenters. The van der Waals surface area contributed by atoms with Crippen molar-refractivity contribution in [3.05, 3.63) is 0 Å². The number of nitrogens with zero attached hydrogens (tertiary/aromatic N) is 1. The smallest absolute Gasteiger partial charge is 0.303 e. The summed E-state index contributed by atoms with van der Waals surface area (Å²) < 4.78 is 4.63. The molecule has 1 rings (SSSR count). The Morgan fingerprint density at radius 3 is 2.79 bits per heavy atom. The molecule has 1 saturated heterocycles. The first kappa shape index (κ1) is 11.0. The van der Waals surface area contributed by atoms with Gasteiger partial charge in [-0.05, 0) is 13.0 Å². The van der Waals surface area contributed by atoms with Gasteiger partial charge in [-0.2, -0.15) is 0 Å². The van der Waals surface area contributed by atoms with Crippen LogP contribution in [0.5, 0.6) is 0 Å². The first-order chi connectivity index (χ1) is 6.61. The summed E-state index contributed by atoms with van der Waals surface area (Å²) in [6.07, 6.45) is 0.961. The third-order valence-corrected chi connectivity index (χ3v) is 2.37. The number of hydrogen-bond donors (Lipinski definition) is 1. The molecule has 80 valence electrons. The lowest BCUT2D eigenvalue weighted by Gasteiger charge is -2.23. The summed E-state index contributed by atoms with van der Waals surface area (Å²) in [7, 11) is 1.74. The molecule has 0 aromatic heterocycles. The zero-order valence-electron chi connectivity index (χ0n) is 8.58. The fourth-order valence-electron chi connectivity index (χ4n) is 1.44. The maximum absolute atomic E-state index is 11.5. The van der Waals surface area contributed by atoms with Crippen LogP contribution < -0.4 is 5.32 Å². The minimum atomic E-state index is -0.420. The molecule has 0 aliphatic carbocycles. The molecular weight excluding hydrogens is 184 g/mol. The highest BCUT2D eigenvalue weighted by Gasteiger charge is 2.23. The lowest BCUT2D eigenvalue weighted by molar-refractivity contribution is -0.150. The van der Waals surface area contributed by atoms with E-state index in [1.54, 1.807) is 11.9 Å². The van der Waals surface area contributed by atoms with Crippen molar-refractivity contribution < 1.29 is 14.3 Å². The minimum Gasteiger partial charge on any atom is -0.456 e. The summed E-state index contributed by atoms with van der Waals surface area (Å²) in [4.78, 5) is 23.6. The molecule has 0 aromatic rings. The Balaban J connectivity index is 2.31. The van der Waals surface area contributed by atoms with Crippen LogP contribution in [0, 0.1) is 0 Å². The first-order valence-corrected chi connectivity index (χ1v) is 4.71. The summed E-state index contributed by atoms with van der Waals surface area (Å²) in [5.41, 5.74) is 0. The standard InChI is InChI=1S/C9H16N2O3/c1-7(12)14-6-9(13)11(2)8-3-4-10-5-8/h8,10H,3-6H2,1-2H3/t8-/m0/s1. The fourth-order valence-corrected chi connectivity index (χ4v) is 1.44. The third kappa shape index (κ3) is 2.99. The van der Waals surface area contributed by atoms with Gasteiger partial charge in [0.2, 0.25) is 0 Å². The lowest BCUT2D eigenvalue weighted by atomic mass is 10.2. The molecule has 0 spiro atoms. The molecule has 5 nitrogen and oxygen atoms in total. The van der Waals surface area contributed by atoms with Gasteiger partial charge in [-0.15, -0.1) is 0 Å². The van der Waals surface area contributed by atoms with Crippen molar-refractivity contribution in [1.29, 1.82) is 0 Å². The van der Waals surface area contributed by atoms with Crippen LogP contribution in [0.2, 0.25) is 0 Å². The van der Waals surface area contributed by atoms with E-state index in [1.807, 2.05) is 0 Å². The van der Waals surface area contributed by atoms with E-state index in [4.69, 9.17) is 0 Å². The van der Waals surface area contributed by atoms with Crippen LogP contribution >= 0.6 is 0 Å². The topological polar surface area (TPSA) is 58.6 Å². The molecule has 0 bridgehead atoms. The summed E-state index contributed by atoms with van der Waals surface area (Å²) in [6.45, 7) is 2.91. The van der Waals surface area contributed by atoms with Gasteiger partial charge in [0.1, 0.15) is 0 Å². The van der Waals surface area contributed by atoms with Crippen molar-refractivity contribution in [2.24, 2.45) is 0 Å². The molecule has 1 aliphatic rings. The maximum Gasteiger partial charge on any atom is 0.303 e. The zero-order chi connectivity index (χ0) is 10.6. The van der Waals surface area contributed by atoms with Gasteiger partial charge in [0, 0.05) is 26.6 Å². The summed E-state index contributed by atoms with van der Waals surface area (Å²) in [6, 6.07) is 0.234. The second kappa shape index (κ2) is 4.95. The van der Waals surface area contributed by atoms with Crippen LogP contribution in [0.25, 0.3) is 0 Å². The Bertz CT molecular complexity index is 224. The minimum absolute atomic E-state index is 0.145. The second-order valence-corrected chi connectivity index (χ2v) is 3.43. The number of carbonyl (C=O) groups excluding carboxylic acids is 2. The molecule has 0 saturated carbocycles. The number of hydrogen-bond acceptors (Lipinski definition) is 4. The molecule has 1 atom stereocenters. The molecule has 1 N–H and O–H groups in total. The van der Waals surface area contributed by atoms with Gasteiger partial charge < -0.3 is 15.0 Å². The van der Waals surface area contributed by atoms with E-state index in [-0.39, 0.29) is 18.6 Å². The lowest BCUT2D eigenvalue weighted by Crippen LogP contribution is -2.40. The highest BCUT2D eigenvalue weighted by molar-refractivity contribution is 5.80. The van der Waals surface area contributed by atoms with Crippen LogP contribution in [0.1, 0.15) is 13.3 Å². The number of esters is 1. The Morgan fingerprint density at radius 2 is 2.29 bits per heavy atom. The summed E-state index contributed by atoms with van der Waals surface area (Å²) in [5.74, 6) is -0.565. The number of rotatable bonds is 3. The molecule has 1 fully saturated rings. The van der Waals surface area contributed by atoms with Crippen molar-refractivity contribution in [3.8, 4) is 0 Å². The molecule has 1 amide bonds. The van der Waals surface area contributed by atoms with Crippen molar-refractivity contribution in [1.82, 2.24) is 10.2 Å². The number of carbonyl (C=O) groups is 2. The second-order valence-electron chi connectivity index (χ2n) is 3.43. The average molecular weight is 200 g/mol. The molecule has 14 heavy (non-hydrogen) atoms. The van der Waals surface area contributed by atoms with E-state index in [0.29, 0.717) is 0 Å². The Hall–Kier alpha value is -1.10. The highest BCUT2D eigenvalue weighted by Crippen LogP contribution is 2.06. The SMILES string of the molecule is CC(=O)OCC(=O)N(C)[C@H]1CCNC1. The fraction of sp³-hybridized carbons (Fsp3) is 0.778. The normalized spacial score (nSPS) is 20.6. The third-order valence-electron chi connectivity index (χ3n) is 2.37. The Morgan fingerprint density at radius 1 is 1.57 bits per heavy atom. The van der Waals surface area contributed by atoms with Crippen molar-refractivity contribution in [2.75, 3.05) is 26.7 Å². The van der Waals surface area contributed by atoms with Gasteiger partial charge in [0.25, 0.3) is 5.91 Å². The number of likely N-dealkylation sites (N-methyl/N-ethyl adjacent to an activating group) is 1. The highest BCUT2D eigenvalue weighted by atomic mass is 16.5. The van der Waals surface area contributed by atoms with Gasteiger partial charge in [-0.1, -0.05) is 0 Å². The summed E-state index contributed by atoms with van der Waals surface area (Å²) >= 11 is 0. The number of nitrogens with one attached hydrogen (secondary N) is 1. The molecule has 1 aliphatic heterocycles. The van der Waals surface area contributed by atoms with E-state index < -0.39 is 5.97 Å². The van der Waals surface area contributed by atoms with E-state index in [0.717, 1.165) is 19.5 Å². The summed E-state index contributed by atoms with van der Waals surface area (Å²) in [5, 5.41) is 3.17. The van der Waals surface area contributed by atoms with Gasteiger partial charge in [-0.3, -0.25) is 9.59 Å².